The van der Waals surface area contributed by atoms with E-state index in [0.717, 1.165) is 12.0 Å². The first-order chi connectivity index (χ1) is 11.2. The number of hydrogen-bond acceptors (Lipinski definition) is 3. The Kier molecular flexibility index (Phi) is 3.49. The third kappa shape index (κ3) is 2.21. The van der Waals surface area contributed by atoms with Crippen molar-refractivity contribution in [2.45, 2.75) is 57.6 Å². The average Bonchev–Trinajstić information content (AvgIpc) is 2.88. The fourth-order valence-corrected chi connectivity index (χ4v) is 8.00. The Morgan fingerprint density at radius 2 is 1.88 bits per heavy atom. The zero-order valence-electron chi connectivity index (χ0n) is 14.9. The summed E-state index contributed by atoms with van der Waals surface area (Å²) in [5, 5.41) is -0.316. The van der Waals surface area contributed by atoms with Gasteiger partial charge in [-0.1, -0.05) is 31.9 Å². The summed E-state index contributed by atoms with van der Waals surface area (Å²) in [7, 11) is -3.13. The first kappa shape index (κ1) is 16.6. The molecule has 0 aliphatic heterocycles. The molecule has 132 valence electrons. The summed E-state index contributed by atoms with van der Waals surface area (Å²) in [6.07, 6.45) is 13.4. The molecule has 0 aromatic carbocycles. The molecule has 0 bridgehead atoms. The maximum atomic E-state index is 12.7. The second kappa shape index (κ2) is 5.06. The minimum absolute atomic E-state index is 0.00897. The Labute approximate surface area is 145 Å². The Hall–Kier alpha value is -0.900. The number of hydrogen-bond donors (Lipinski definition) is 0. The number of sulfone groups is 1. The number of carbonyl (C=O) groups is 1. The number of fused-ring (bicyclic) bond motifs is 5. The van der Waals surface area contributed by atoms with Gasteiger partial charge in [0.2, 0.25) is 0 Å². The molecule has 3 nitrogen and oxygen atoms in total. The molecule has 0 aromatic heterocycles. The van der Waals surface area contributed by atoms with Crippen molar-refractivity contribution in [3.63, 3.8) is 0 Å². The lowest BCUT2D eigenvalue weighted by atomic mass is 9.48. The van der Waals surface area contributed by atoms with E-state index in [4.69, 9.17) is 0 Å². The predicted molar refractivity (Wildman–Crippen MR) is 95.2 cm³/mol. The van der Waals surface area contributed by atoms with Crippen molar-refractivity contribution in [1.82, 2.24) is 0 Å². The molecule has 0 saturated heterocycles. The van der Waals surface area contributed by atoms with E-state index < -0.39 is 9.84 Å². The van der Waals surface area contributed by atoms with Gasteiger partial charge in [0.25, 0.3) is 0 Å². The van der Waals surface area contributed by atoms with E-state index in [2.05, 4.69) is 19.9 Å². The molecule has 0 heterocycles. The van der Waals surface area contributed by atoms with Crippen LogP contribution in [-0.2, 0) is 14.6 Å². The van der Waals surface area contributed by atoms with E-state index in [1.54, 1.807) is 12.2 Å². The molecule has 0 aromatic rings. The minimum Gasteiger partial charge on any atom is -0.290 e. The van der Waals surface area contributed by atoms with Gasteiger partial charge in [-0.15, -0.1) is 0 Å². The van der Waals surface area contributed by atoms with Crippen molar-refractivity contribution >= 4 is 15.6 Å². The normalized spacial score (nSPS) is 47.6. The van der Waals surface area contributed by atoms with Crippen LogP contribution in [0.4, 0.5) is 0 Å². The van der Waals surface area contributed by atoms with E-state index in [9.17, 15) is 13.2 Å². The zero-order chi connectivity index (χ0) is 17.3. The highest BCUT2D eigenvalue weighted by atomic mass is 32.2. The largest absolute Gasteiger partial charge is 0.290 e. The topological polar surface area (TPSA) is 51.2 Å². The lowest BCUT2D eigenvalue weighted by molar-refractivity contribution is -0.111. The molecular formula is C20H28O3S. The molecule has 0 N–H and O–H groups in total. The van der Waals surface area contributed by atoms with Crippen LogP contribution in [0.15, 0.2) is 23.8 Å². The summed E-state index contributed by atoms with van der Waals surface area (Å²) in [6.45, 7) is 4.61. The summed E-state index contributed by atoms with van der Waals surface area (Å²) in [5.74, 6) is 1.11. The summed E-state index contributed by atoms with van der Waals surface area (Å²) < 4.78 is 25.3. The highest BCUT2D eigenvalue weighted by Crippen LogP contribution is 2.65. The standard InChI is InChI=1S/C20H28O3S/c1-19-8-4-5-15(19)18-16(7-9-19)20(2)10-6-14(21)11-13(20)12-17(18)24(3,22)23/h6,10-11,15-18H,4-5,7-9,12H2,1-3H3/t15-,16-,17-,18-,19-,20-/m0/s1. The SMILES string of the molecule is C[C@@]12CCC[C@H]1[C@H]1[C@H](CC2)[C@@]2(C)C=CC(=O)C=C2C[C@@H]1S(C)(=O)=O. The van der Waals surface area contributed by atoms with E-state index in [0.29, 0.717) is 23.7 Å². The van der Waals surface area contributed by atoms with Crippen molar-refractivity contribution in [3.05, 3.63) is 23.8 Å². The Morgan fingerprint density at radius 1 is 1.12 bits per heavy atom. The molecular weight excluding hydrogens is 320 g/mol. The number of allylic oxidation sites excluding steroid dienone is 4. The molecule has 4 heteroatoms. The van der Waals surface area contributed by atoms with Gasteiger partial charge in [0, 0.05) is 11.7 Å². The van der Waals surface area contributed by atoms with E-state index in [-0.39, 0.29) is 22.4 Å². The zero-order valence-corrected chi connectivity index (χ0v) is 15.7. The average molecular weight is 349 g/mol. The Morgan fingerprint density at radius 3 is 2.58 bits per heavy atom. The maximum absolute atomic E-state index is 12.7. The van der Waals surface area contributed by atoms with Gasteiger partial charge >= 0.3 is 0 Å². The van der Waals surface area contributed by atoms with Crippen LogP contribution in [-0.4, -0.2) is 25.7 Å². The van der Waals surface area contributed by atoms with Gasteiger partial charge in [0.05, 0.1) is 5.25 Å². The van der Waals surface area contributed by atoms with Crippen LogP contribution in [0.3, 0.4) is 0 Å². The smallest absolute Gasteiger partial charge is 0.178 e. The van der Waals surface area contributed by atoms with Crippen molar-refractivity contribution in [1.29, 1.82) is 0 Å². The molecule has 3 fully saturated rings. The van der Waals surface area contributed by atoms with Gasteiger partial charge in [0.1, 0.15) is 0 Å². The van der Waals surface area contributed by atoms with Gasteiger partial charge in [-0.05, 0) is 67.4 Å². The van der Waals surface area contributed by atoms with Crippen LogP contribution in [0.2, 0.25) is 0 Å². The van der Waals surface area contributed by atoms with Crippen molar-refractivity contribution < 1.29 is 13.2 Å². The van der Waals surface area contributed by atoms with Gasteiger partial charge in [-0.2, -0.15) is 0 Å². The molecule has 0 spiro atoms. The third-order valence-electron chi connectivity index (χ3n) is 7.89. The number of rotatable bonds is 1. The summed E-state index contributed by atoms with van der Waals surface area (Å²) in [6, 6.07) is 0. The molecule has 3 saturated carbocycles. The van der Waals surface area contributed by atoms with Crippen LogP contribution in [0, 0.1) is 28.6 Å². The third-order valence-corrected chi connectivity index (χ3v) is 9.47. The maximum Gasteiger partial charge on any atom is 0.178 e. The second-order valence-corrected chi connectivity index (χ2v) is 11.4. The molecule has 4 aliphatic rings. The van der Waals surface area contributed by atoms with E-state index in [1.165, 1.54) is 31.9 Å². The Balaban J connectivity index is 1.85. The predicted octanol–water partition coefficient (Wildman–Crippen LogP) is 3.71. The fraction of sp³-hybridized carbons (Fsp3) is 0.750. The van der Waals surface area contributed by atoms with Crippen LogP contribution in [0.5, 0.6) is 0 Å². The summed E-state index contributed by atoms with van der Waals surface area (Å²) in [4.78, 5) is 11.9. The number of ketones is 1. The second-order valence-electron chi connectivity index (χ2n) is 9.14. The molecule has 6 atom stereocenters. The fourth-order valence-electron chi connectivity index (χ4n) is 6.57. The molecule has 4 rings (SSSR count). The summed E-state index contributed by atoms with van der Waals surface area (Å²) in [5.41, 5.74) is 1.23. The highest BCUT2D eigenvalue weighted by molar-refractivity contribution is 7.91. The van der Waals surface area contributed by atoms with Crippen LogP contribution < -0.4 is 0 Å². The van der Waals surface area contributed by atoms with Crippen LogP contribution in [0.25, 0.3) is 0 Å². The van der Waals surface area contributed by atoms with Crippen molar-refractivity contribution in [2.24, 2.45) is 28.6 Å². The van der Waals surface area contributed by atoms with E-state index >= 15 is 0 Å². The first-order valence-electron chi connectivity index (χ1n) is 9.28. The molecule has 0 radical (unpaired) electrons. The quantitative estimate of drug-likeness (QED) is 0.726. The van der Waals surface area contributed by atoms with Crippen molar-refractivity contribution in [2.75, 3.05) is 6.26 Å². The van der Waals surface area contributed by atoms with Crippen LogP contribution >= 0.6 is 0 Å². The molecule has 24 heavy (non-hydrogen) atoms. The van der Waals surface area contributed by atoms with Gasteiger partial charge in [-0.25, -0.2) is 8.42 Å². The first-order valence-corrected chi connectivity index (χ1v) is 11.2. The minimum atomic E-state index is -3.13. The molecule has 0 amide bonds. The van der Waals surface area contributed by atoms with Crippen LogP contribution in [0.1, 0.15) is 52.4 Å². The van der Waals surface area contributed by atoms with Gasteiger partial charge in [-0.3, -0.25) is 4.79 Å². The highest BCUT2D eigenvalue weighted by Gasteiger charge is 2.60. The van der Waals surface area contributed by atoms with E-state index in [1.807, 2.05) is 0 Å². The van der Waals surface area contributed by atoms with Gasteiger partial charge in [0.15, 0.2) is 15.6 Å². The van der Waals surface area contributed by atoms with Crippen molar-refractivity contribution in [3.8, 4) is 0 Å². The lowest BCUT2D eigenvalue weighted by Crippen LogP contribution is -2.55. The lowest BCUT2D eigenvalue weighted by Gasteiger charge is -2.58. The summed E-state index contributed by atoms with van der Waals surface area (Å²) >= 11 is 0. The molecule has 0 unspecified atom stereocenters. The monoisotopic (exact) mass is 348 g/mol. The van der Waals surface area contributed by atoms with Gasteiger partial charge < -0.3 is 0 Å². The number of carbonyl (C=O) groups excluding carboxylic acids is 1. The molecule has 4 aliphatic carbocycles. The Bertz CT molecular complexity index is 747.